The second kappa shape index (κ2) is 6.25. The summed E-state index contributed by atoms with van der Waals surface area (Å²) in [6, 6.07) is 0. The largest absolute Gasteiger partial charge is 0.474 e. The summed E-state index contributed by atoms with van der Waals surface area (Å²) in [7, 11) is 0. The minimum atomic E-state index is -1.84. The van der Waals surface area contributed by atoms with Crippen molar-refractivity contribution in [1.29, 1.82) is 5.41 Å². The Morgan fingerprint density at radius 3 is 2.53 bits per heavy atom. The van der Waals surface area contributed by atoms with E-state index < -0.39 is 15.3 Å². The lowest BCUT2D eigenvalue weighted by atomic mass is 9.94. The van der Waals surface area contributed by atoms with Gasteiger partial charge in [-0.3, -0.25) is 5.41 Å². The van der Waals surface area contributed by atoms with Gasteiger partial charge in [0.25, 0.3) is 3.79 Å². The van der Waals surface area contributed by atoms with Crippen LogP contribution < -0.4 is 0 Å². The Balaban J connectivity index is 2.33. The van der Waals surface area contributed by atoms with Gasteiger partial charge in [-0.1, -0.05) is 40.9 Å². The van der Waals surface area contributed by atoms with Crippen molar-refractivity contribution in [3.8, 4) is 0 Å². The standard InChI is InChI=1S/C10H14Cl3NO3/c11-10(12,13)8(14)17-5-1-2-9(15)3-6-16-7-4-9/h1-2,14-15H,3-7H2/b2-1+,14-8?. The van der Waals surface area contributed by atoms with Crippen LogP contribution in [0.25, 0.3) is 0 Å². The van der Waals surface area contributed by atoms with E-state index in [1.165, 1.54) is 0 Å². The highest BCUT2D eigenvalue weighted by molar-refractivity contribution is 6.76. The second-order valence-corrected chi connectivity index (χ2v) is 6.04. The summed E-state index contributed by atoms with van der Waals surface area (Å²) >= 11 is 16.3. The Bertz CT molecular complexity index is 296. The number of halogens is 3. The minimum Gasteiger partial charge on any atom is -0.474 e. The number of ether oxygens (including phenoxy) is 2. The summed E-state index contributed by atoms with van der Waals surface area (Å²) in [6.07, 6.45) is 4.34. The zero-order chi connectivity index (χ0) is 12.9. The first-order valence-corrected chi connectivity index (χ1v) is 6.23. The van der Waals surface area contributed by atoms with Crippen molar-refractivity contribution in [2.75, 3.05) is 19.8 Å². The molecule has 2 N–H and O–H groups in total. The number of nitrogens with one attached hydrogen (secondary N) is 1. The van der Waals surface area contributed by atoms with Crippen molar-refractivity contribution in [3.05, 3.63) is 12.2 Å². The first-order chi connectivity index (χ1) is 7.83. The van der Waals surface area contributed by atoms with E-state index in [9.17, 15) is 5.11 Å². The van der Waals surface area contributed by atoms with Crippen LogP contribution in [0.5, 0.6) is 0 Å². The zero-order valence-electron chi connectivity index (χ0n) is 9.09. The minimum absolute atomic E-state index is 0.0793. The molecule has 0 spiro atoms. The molecular weight excluding hydrogens is 288 g/mol. The van der Waals surface area contributed by atoms with Crippen molar-refractivity contribution < 1.29 is 14.6 Å². The average Bonchev–Trinajstić information content (AvgIpc) is 2.24. The van der Waals surface area contributed by atoms with Gasteiger partial charge in [-0.05, 0) is 6.08 Å². The van der Waals surface area contributed by atoms with Crippen LogP contribution in [0.2, 0.25) is 0 Å². The molecule has 0 amide bonds. The van der Waals surface area contributed by atoms with Gasteiger partial charge in [0.2, 0.25) is 5.90 Å². The Labute approximate surface area is 115 Å². The van der Waals surface area contributed by atoms with Crippen LogP contribution in [0, 0.1) is 5.41 Å². The molecule has 4 nitrogen and oxygen atoms in total. The third-order valence-electron chi connectivity index (χ3n) is 2.37. The lowest BCUT2D eigenvalue weighted by Gasteiger charge is -2.28. The van der Waals surface area contributed by atoms with Crippen molar-refractivity contribution >= 4 is 40.7 Å². The van der Waals surface area contributed by atoms with E-state index in [1.807, 2.05) is 0 Å². The van der Waals surface area contributed by atoms with Crippen LogP contribution in [-0.4, -0.2) is 40.2 Å². The van der Waals surface area contributed by atoms with Gasteiger partial charge in [-0.25, -0.2) is 0 Å². The van der Waals surface area contributed by atoms with E-state index >= 15 is 0 Å². The van der Waals surface area contributed by atoms with Crippen molar-refractivity contribution in [1.82, 2.24) is 0 Å². The van der Waals surface area contributed by atoms with Gasteiger partial charge in [0.05, 0.1) is 5.60 Å². The lowest BCUT2D eigenvalue weighted by molar-refractivity contribution is -0.0324. The number of alkyl halides is 3. The number of rotatable bonds is 3. The van der Waals surface area contributed by atoms with Crippen molar-refractivity contribution in [2.45, 2.75) is 22.2 Å². The van der Waals surface area contributed by atoms with E-state index in [1.54, 1.807) is 12.2 Å². The van der Waals surface area contributed by atoms with Gasteiger partial charge in [0, 0.05) is 26.1 Å². The summed E-state index contributed by atoms with van der Waals surface area (Å²) in [6.45, 7) is 1.15. The molecule has 17 heavy (non-hydrogen) atoms. The van der Waals surface area contributed by atoms with Gasteiger partial charge in [-0.2, -0.15) is 0 Å². The number of aliphatic hydroxyl groups is 1. The Kier molecular flexibility index (Phi) is 5.54. The molecule has 1 aliphatic heterocycles. The zero-order valence-corrected chi connectivity index (χ0v) is 11.4. The molecule has 0 unspecified atom stereocenters. The fraction of sp³-hybridized carbons (Fsp3) is 0.700. The van der Waals surface area contributed by atoms with Gasteiger partial charge in [-0.15, -0.1) is 0 Å². The Morgan fingerprint density at radius 1 is 1.41 bits per heavy atom. The maximum absolute atomic E-state index is 10.0. The summed E-state index contributed by atoms with van der Waals surface area (Å²) < 4.78 is 8.20. The molecule has 0 atom stereocenters. The van der Waals surface area contributed by atoms with Crippen molar-refractivity contribution in [3.63, 3.8) is 0 Å². The third-order valence-corrected chi connectivity index (χ3v) is 2.88. The summed E-state index contributed by atoms with van der Waals surface area (Å²) in [5.41, 5.74) is -0.857. The molecule has 0 aliphatic carbocycles. The molecule has 0 radical (unpaired) electrons. The monoisotopic (exact) mass is 301 g/mol. The molecule has 0 aromatic heterocycles. The molecule has 0 saturated carbocycles. The van der Waals surface area contributed by atoms with Crippen LogP contribution in [-0.2, 0) is 9.47 Å². The fourth-order valence-corrected chi connectivity index (χ4v) is 1.54. The summed E-state index contributed by atoms with van der Waals surface area (Å²) in [4.78, 5) is 0. The van der Waals surface area contributed by atoms with Crippen LogP contribution in [0.15, 0.2) is 12.2 Å². The number of hydrogen-bond donors (Lipinski definition) is 2. The van der Waals surface area contributed by atoms with E-state index in [0.29, 0.717) is 26.1 Å². The lowest BCUT2D eigenvalue weighted by Crippen LogP contribution is -2.34. The van der Waals surface area contributed by atoms with E-state index in [0.717, 1.165) is 0 Å². The van der Waals surface area contributed by atoms with Gasteiger partial charge < -0.3 is 14.6 Å². The third kappa shape index (κ3) is 5.44. The second-order valence-electron chi connectivity index (χ2n) is 3.76. The molecule has 1 aliphatic rings. The SMILES string of the molecule is N=C(OC/C=C/C1(O)CCOCC1)C(Cl)(Cl)Cl. The van der Waals surface area contributed by atoms with Crippen LogP contribution in [0.1, 0.15) is 12.8 Å². The van der Waals surface area contributed by atoms with Crippen LogP contribution >= 0.6 is 34.8 Å². The number of hydrogen-bond acceptors (Lipinski definition) is 4. The average molecular weight is 303 g/mol. The molecule has 1 fully saturated rings. The quantitative estimate of drug-likeness (QED) is 0.364. The maximum Gasteiger partial charge on any atom is 0.265 e. The molecule has 98 valence electrons. The van der Waals surface area contributed by atoms with Gasteiger partial charge in [0.1, 0.15) is 6.61 Å². The molecular formula is C10H14Cl3NO3. The first kappa shape index (κ1) is 15.1. The maximum atomic E-state index is 10.0. The molecule has 0 aromatic carbocycles. The predicted octanol–water partition coefficient (Wildman–Crippen LogP) is 2.45. The highest BCUT2D eigenvalue weighted by Crippen LogP contribution is 2.27. The molecule has 1 heterocycles. The normalized spacial score (nSPS) is 20.5. The Morgan fingerprint density at radius 2 is 2.00 bits per heavy atom. The predicted molar refractivity (Wildman–Crippen MR) is 68.1 cm³/mol. The fourth-order valence-electron chi connectivity index (χ4n) is 1.37. The highest BCUT2D eigenvalue weighted by Gasteiger charge is 2.29. The molecule has 0 bridgehead atoms. The topological polar surface area (TPSA) is 62.5 Å². The molecule has 0 aromatic rings. The highest BCUT2D eigenvalue weighted by atomic mass is 35.6. The van der Waals surface area contributed by atoms with Crippen LogP contribution in [0.3, 0.4) is 0 Å². The van der Waals surface area contributed by atoms with E-state index in [4.69, 9.17) is 49.7 Å². The summed E-state index contributed by atoms with van der Waals surface area (Å²) in [5.74, 6) is -0.439. The first-order valence-electron chi connectivity index (χ1n) is 5.10. The Hall–Kier alpha value is -0.000000000000000111. The smallest absolute Gasteiger partial charge is 0.265 e. The molecule has 7 heteroatoms. The summed E-state index contributed by atoms with van der Waals surface area (Å²) in [5, 5.41) is 17.3. The van der Waals surface area contributed by atoms with Crippen molar-refractivity contribution in [2.24, 2.45) is 0 Å². The van der Waals surface area contributed by atoms with E-state index in [-0.39, 0.29) is 6.61 Å². The van der Waals surface area contributed by atoms with Gasteiger partial charge in [0.15, 0.2) is 0 Å². The van der Waals surface area contributed by atoms with E-state index in [2.05, 4.69) is 0 Å². The molecule has 1 rings (SSSR count). The molecule has 1 saturated heterocycles. The van der Waals surface area contributed by atoms with Gasteiger partial charge >= 0.3 is 0 Å². The van der Waals surface area contributed by atoms with Crippen LogP contribution in [0.4, 0.5) is 0 Å².